The van der Waals surface area contributed by atoms with Crippen molar-refractivity contribution in [2.45, 2.75) is 20.0 Å². The molecule has 0 aliphatic heterocycles. The zero-order valence-electron chi connectivity index (χ0n) is 12.2. The highest BCUT2D eigenvalue weighted by atomic mass is 16.3. The van der Waals surface area contributed by atoms with E-state index >= 15 is 0 Å². The lowest BCUT2D eigenvalue weighted by Crippen LogP contribution is -2.34. The van der Waals surface area contributed by atoms with Gasteiger partial charge in [0.05, 0.1) is 17.5 Å². The number of hydrogen-bond donors (Lipinski definition) is 3. The van der Waals surface area contributed by atoms with Crippen LogP contribution >= 0.6 is 0 Å². The number of nitrogen functional groups attached to an aromatic ring is 1. The van der Waals surface area contributed by atoms with Crippen molar-refractivity contribution in [2.75, 3.05) is 12.3 Å². The smallest absolute Gasteiger partial charge is 0.271 e. The summed E-state index contributed by atoms with van der Waals surface area (Å²) in [5.41, 5.74) is 7.47. The second-order valence-electron chi connectivity index (χ2n) is 5.23. The maximum absolute atomic E-state index is 12.0. The highest BCUT2D eigenvalue weighted by Crippen LogP contribution is 2.15. The number of carbonyl (C=O) groups is 1. The van der Waals surface area contributed by atoms with Crippen molar-refractivity contribution in [3.05, 3.63) is 42.2 Å². The van der Waals surface area contributed by atoms with Crippen LogP contribution < -0.4 is 11.1 Å². The van der Waals surface area contributed by atoms with E-state index in [2.05, 4.69) is 10.4 Å². The van der Waals surface area contributed by atoms with E-state index in [1.165, 1.54) is 0 Å². The number of para-hydroxylation sites is 2. The lowest BCUT2D eigenvalue weighted by molar-refractivity contribution is 0.0867. The number of aromatic nitrogens is 2. The molecule has 0 fully saturated rings. The first-order valence-corrected chi connectivity index (χ1v) is 6.86. The molecule has 1 aromatic carbocycles. The van der Waals surface area contributed by atoms with Gasteiger partial charge in [-0.05, 0) is 24.1 Å². The van der Waals surface area contributed by atoms with E-state index in [0.717, 1.165) is 5.69 Å². The molecule has 0 saturated carbocycles. The van der Waals surface area contributed by atoms with Crippen LogP contribution in [0.25, 0.3) is 5.69 Å². The minimum Gasteiger partial charge on any atom is -0.397 e. The number of carbonyl (C=O) groups excluding carboxylic acids is 1. The van der Waals surface area contributed by atoms with Gasteiger partial charge in [0.2, 0.25) is 0 Å². The van der Waals surface area contributed by atoms with Gasteiger partial charge in [0.15, 0.2) is 5.69 Å². The fourth-order valence-electron chi connectivity index (χ4n) is 1.80. The molecule has 0 bridgehead atoms. The van der Waals surface area contributed by atoms with E-state index in [4.69, 9.17) is 5.73 Å². The topological polar surface area (TPSA) is 93.2 Å². The first-order chi connectivity index (χ1) is 9.99. The maximum atomic E-state index is 12.0. The Balaban J connectivity index is 2.06. The van der Waals surface area contributed by atoms with Gasteiger partial charge in [-0.1, -0.05) is 26.0 Å². The van der Waals surface area contributed by atoms with Crippen LogP contribution in [-0.4, -0.2) is 33.4 Å². The fourth-order valence-corrected chi connectivity index (χ4v) is 1.80. The molecule has 1 unspecified atom stereocenters. The average molecular weight is 288 g/mol. The van der Waals surface area contributed by atoms with Crippen LogP contribution in [0.4, 0.5) is 5.69 Å². The Kier molecular flexibility index (Phi) is 4.59. The molecule has 112 valence electrons. The molecule has 0 radical (unpaired) electrons. The van der Waals surface area contributed by atoms with Crippen LogP contribution in [0.3, 0.4) is 0 Å². The molecular weight excluding hydrogens is 268 g/mol. The lowest BCUT2D eigenvalue weighted by Gasteiger charge is -2.14. The fraction of sp³-hybridized carbons (Fsp3) is 0.333. The van der Waals surface area contributed by atoms with Crippen LogP contribution in [0.2, 0.25) is 0 Å². The van der Waals surface area contributed by atoms with E-state index < -0.39 is 6.10 Å². The van der Waals surface area contributed by atoms with Gasteiger partial charge in [-0.25, -0.2) is 4.68 Å². The summed E-state index contributed by atoms with van der Waals surface area (Å²) in [6, 6.07) is 8.90. The highest BCUT2D eigenvalue weighted by Gasteiger charge is 2.14. The van der Waals surface area contributed by atoms with Gasteiger partial charge in [0, 0.05) is 12.7 Å². The molecule has 6 heteroatoms. The number of aliphatic hydroxyl groups is 1. The quantitative estimate of drug-likeness (QED) is 0.721. The summed E-state index contributed by atoms with van der Waals surface area (Å²) in [6.45, 7) is 3.99. The summed E-state index contributed by atoms with van der Waals surface area (Å²) in [5.74, 6) is -0.227. The number of anilines is 1. The van der Waals surface area contributed by atoms with Crippen molar-refractivity contribution in [3.63, 3.8) is 0 Å². The lowest BCUT2D eigenvalue weighted by atomic mass is 10.1. The summed E-state index contributed by atoms with van der Waals surface area (Å²) in [5, 5.41) is 16.6. The standard InChI is InChI=1S/C15H20N4O2/c1-10(2)14(20)9-17-15(21)12-7-8-19(18-12)13-6-4-3-5-11(13)16/h3-8,10,14,20H,9,16H2,1-2H3,(H,17,21). The number of rotatable bonds is 5. The molecule has 21 heavy (non-hydrogen) atoms. The monoisotopic (exact) mass is 288 g/mol. The van der Waals surface area contributed by atoms with Crippen molar-refractivity contribution in [1.29, 1.82) is 0 Å². The summed E-state index contributed by atoms with van der Waals surface area (Å²) in [7, 11) is 0. The first kappa shape index (κ1) is 15.1. The van der Waals surface area contributed by atoms with Gasteiger partial charge in [-0.2, -0.15) is 5.10 Å². The molecule has 1 atom stereocenters. The summed E-state index contributed by atoms with van der Waals surface area (Å²) in [4.78, 5) is 12.0. The van der Waals surface area contributed by atoms with E-state index in [1.54, 1.807) is 23.0 Å². The zero-order valence-corrected chi connectivity index (χ0v) is 12.2. The third-order valence-electron chi connectivity index (χ3n) is 3.25. The number of nitrogens with two attached hydrogens (primary N) is 1. The minimum absolute atomic E-state index is 0.0898. The molecule has 0 saturated heterocycles. The Labute approximate surface area is 123 Å². The van der Waals surface area contributed by atoms with Gasteiger partial charge >= 0.3 is 0 Å². The predicted molar refractivity (Wildman–Crippen MR) is 81.2 cm³/mol. The van der Waals surface area contributed by atoms with Crippen molar-refractivity contribution in [1.82, 2.24) is 15.1 Å². The van der Waals surface area contributed by atoms with Crippen molar-refractivity contribution in [2.24, 2.45) is 5.92 Å². The molecule has 0 aliphatic rings. The number of nitrogens with one attached hydrogen (secondary N) is 1. The van der Waals surface area contributed by atoms with Gasteiger partial charge in [-0.15, -0.1) is 0 Å². The molecule has 0 spiro atoms. The second-order valence-corrected chi connectivity index (χ2v) is 5.23. The Bertz CT molecular complexity index is 622. The number of benzene rings is 1. The van der Waals surface area contributed by atoms with Crippen molar-refractivity contribution in [3.8, 4) is 5.69 Å². The van der Waals surface area contributed by atoms with Crippen LogP contribution in [0, 0.1) is 5.92 Å². The average Bonchev–Trinajstić information content (AvgIpc) is 2.94. The zero-order chi connectivity index (χ0) is 15.4. The second kappa shape index (κ2) is 6.41. The Morgan fingerprint density at radius 1 is 1.38 bits per heavy atom. The van der Waals surface area contributed by atoms with Gasteiger partial charge in [0.25, 0.3) is 5.91 Å². The van der Waals surface area contributed by atoms with Crippen LogP contribution in [-0.2, 0) is 0 Å². The maximum Gasteiger partial charge on any atom is 0.271 e. The molecule has 6 nitrogen and oxygen atoms in total. The molecular formula is C15H20N4O2. The van der Waals surface area contributed by atoms with E-state index in [1.807, 2.05) is 32.0 Å². The number of aliphatic hydroxyl groups excluding tert-OH is 1. The van der Waals surface area contributed by atoms with E-state index in [9.17, 15) is 9.90 Å². The minimum atomic E-state index is -0.569. The number of hydrogen-bond acceptors (Lipinski definition) is 4. The molecule has 2 aromatic rings. The predicted octanol–water partition coefficient (Wildman–Crippen LogP) is 1.20. The van der Waals surface area contributed by atoms with Crippen LogP contribution in [0.15, 0.2) is 36.5 Å². The Hall–Kier alpha value is -2.34. The summed E-state index contributed by atoms with van der Waals surface area (Å²) >= 11 is 0. The van der Waals surface area contributed by atoms with E-state index in [0.29, 0.717) is 5.69 Å². The van der Waals surface area contributed by atoms with E-state index in [-0.39, 0.29) is 24.1 Å². The summed E-state index contributed by atoms with van der Waals surface area (Å²) in [6.07, 6.45) is 1.11. The Morgan fingerprint density at radius 3 is 2.76 bits per heavy atom. The molecule has 1 amide bonds. The van der Waals surface area contributed by atoms with Gasteiger partial charge in [-0.3, -0.25) is 4.79 Å². The SMILES string of the molecule is CC(C)C(O)CNC(=O)c1ccn(-c2ccccc2N)n1. The third-order valence-corrected chi connectivity index (χ3v) is 3.25. The van der Waals surface area contributed by atoms with Crippen molar-refractivity contribution >= 4 is 11.6 Å². The van der Waals surface area contributed by atoms with Crippen LogP contribution in [0.1, 0.15) is 24.3 Å². The first-order valence-electron chi connectivity index (χ1n) is 6.86. The largest absolute Gasteiger partial charge is 0.397 e. The van der Waals surface area contributed by atoms with Gasteiger partial charge < -0.3 is 16.2 Å². The normalized spacial score (nSPS) is 12.4. The molecule has 1 aromatic heterocycles. The molecule has 1 heterocycles. The third kappa shape index (κ3) is 3.61. The number of nitrogens with zero attached hydrogens (tertiary/aromatic N) is 2. The number of amides is 1. The highest BCUT2D eigenvalue weighted by molar-refractivity contribution is 5.92. The molecule has 2 rings (SSSR count). The van der Waals surface area contributed by atoms with Gasteiger partial charge in [0.1, 0.15) is 0 Å². The van der Waals surface area contributed by atoms with Crippen molar-refractivity contribution < 1.29 is 9.90 Å². The molecule has 0 aliphatic carbocycles. The summed E-state index contributed by atoms with van der Waals surface area (Å²) < 4.78 is 1.56. The molecule has 4 N–H and O–H groups in total. The Morgan fingerprint density at radius 2 is 2.10 bits per heavy atom. The van der Waals surface area contributed by atoms with Crippen LogP contribution in [0.5, 0.6) is 0 Å².